The normalized spacial score (nSPS) is 12.9. The molecule has 1 aliphatic rings. The molecule has 4 rings (SSSR count). The molecule has 27 heavy (non-hydrogen) atoms. The van der Waals surface area contributed by atoms with Crippen LogP contribution in [-0.4, -0.2) is 22.7 Å². The third kappa shape index (κ3) is 2.97. The van der Waals surface area contributed by atoms with Crippen LogP contribution in [-0.2, 0) is 0 Å². The molecule has 132 valence electrons. The van der Waals surface area contributed by atoms with E-state index in [4.69, 9.17) is 0 Å². The molecule has 1 N–H and O–H groups in total. The number of nitrogens with zero attached hydrogens (tertiary/aromatic N) is 2. The highest BCUT2D eigenvalue weighted by Gasteiger charge is 2.37. The number of fused-ring (bicyclic) bond motifs is 1. The fourth-order valence-corrected chi connectivity index (χ4v) is 2.90. The lowest BCUT2D eigenvalue weighted by molar-refractivity contribution is 0.0923. The first-order valence-corrected chi connectivity index (χ1v) is 8.36. The van der Waals surface area contributed by atoms with Crippen molar-refractivity contribution in [1.82, 2.24) is 4.98 Å². The number of benzene rings is 2. The number of anilines is 2. The number of hydrogen-bond acceptors (Lipinski definition) is 4. The quantitative estimate of drug-likeness (QED) is 0.728. The molecule has 0 aliphatic carbocycles. The van der Waals surface area contributed by atoms with Gasteiger partial charge in [0.2, 0.25) is 0 Å². The van der Waals surface area contributed by atoms with Crippen molar-refractivity contribution in [1.29, 1.82) is 0 Å². The Hall–Kier alpha value is -3.80. The van der Waals surface area contributed by atoms with Gasteiger partial charge in [0.1, 0.15) is 5.69 Å². The van der Waals surface area contributed by atoms with E-state index < -0.39 is 11.8 Å². The van der Waals surface area contributed by atoms with Crippen molar-refractivity contribution >= 4 is 29.1 Å². The van der Waals surface area contributed by atoms with Gasteiger partial charge in [-0.25, -0.2) is 4.90 Å². The Labute approximate surface area is 155 Å². The minimum atomic E-state index is -0.452. The van der Waals surface area contributed by atoms with Crippen molar-refractivity contribution in [2.24, 2.45) is 0 Å². The lowest BCUT2D eigenvalue weighted by Crippen LogP contribution is -2.29. The van der Waals surface area contributed by atoms with E-state index in [0.717, 1.165) is 10.5 Å². The predicted octanol–water partition coefficient (Wildman–Crippen LogP) is 3.44. The van der Waals surface area contributed by atoms with Gasteiger partial charge in [0, 0.05) is 17.4 Å². The summed E-state index contributed by atoms with van der Waals surface area (Å²) in [6.07, 6.45) is 1.48. The summed E-state index contributed by atoms with van der Waals surface area (Å²) in [7, 11) is 0. The number of aromatic nitrogens is 1. The molecular formula is C21H15N3O3. The molecule has 6 nitrogen and oxygen atoms in total. The maximum absolute atomic E-state index is 12.5. The van der Waals surface area contributed by atoms with E-state index in [1.807, 2.05) is 19.1 Å². The Morgan fingerprint density at radius 2 is 1.63 bits per heavy atom. The van der Waals surface area contributed by atoms with Gasteiger partial charge < -0.3 is 5.32 Å². The molecule has 0 saturated carbocycles. The molecule has 0 radical (unpaired) electrons. The lowest BCUT2D eigenvalue weighted by Gasteiger charge is -2.14. The van der Waals surface area contributed by atoms with Gasteiger partial charge in [-0.05, 0) is 55.5 Å². The maximum atomic E-state index is 12.5. The topological polar surface area (TPSA) is 79.4 Å². The van der Waals surface area contributed by atoms with Crippen LogP contribution in [0.3, 0.4) is 0 Å². The van der Waals surface area contributed by atoms with E-state index in [1.54, 1.807) is 48.5 Å². The number of aryl methyl sites for hydroxylation is 1. The summed E-state index contributed by atoms with van der Waals surface area (Å²) in [5.41, 5.74) is 3.07. The highest BCUT2D eigenvalue weighted by Crippen LogP contribution is 2.28. The summed E-state index contributed by atoms with van der Waals surface area (Å²) in [5.74, 6) is -1.08. The molecule has 3 amide bonds. The van der Waals surface area contributed by atoms with Crippen LogP contribution in [0.2, 0.25) is 0 Å². The van der Waals surface area contributed by atoms with Gasteiger partial charge in [-0.2, -0.15) is 0 Å². The van der Waals surface area contributed by atoms with Gasteiger partial charge in [-0.15, -0.1) is 0 Å². The molecule has 0 saturated heterocycles. The first-order chi connectivity index (χ1) is 13.0. The van der Waals surface area contributed by atoms with Crippen LogP contribution in [0, 0.1) is 6.92 Å². The number of pyridine rings is 1. The zero-order valence-corrected chi connectivity index (χ0v) is 14.5. The van der Waals surface area contributed by atoms with E-state index in [2.05, 4.69) is 10.3 Å². The zero-order valence-electron chi connectivity index (χ0n) is 14.5. The van der Waals surface area contributed by atoms with Crippen LogP contribution in [0.4, 0.5) is 11.4 Å². The molecule has 0 fully saturated rings. The van der Waals surface area contributed by atoms with Crippen molar-refractivity contribution in [3.8, 4) is 0 Å². The molecule has 0 bridgehead atoms. The van der Waals surface area contributed by atoms with Crippen molar-refractivity contribution < 1.29 is 14.4 Å². The number of amides is 3. The Morgan fingerprint density at radius 1 is 0.926 bits per heavy atom. The Kier molecular flexibility index (Phi) is 4.01. The molecule has 2 aromatic carbocycles. The van der Waals surface area contributed by atoms with Gasteiger partial charge in [-0.3, -0.25) is 19.4 Å². The van der Waals surface area contributed by atoms with E-state index in [9.17, 15) is 14.4 Å². The molecule has 0 unspecified atom stereocenters. The zero-order chi connectivity index (χ0) is 19.0. The van der Waals surface area contributed by atoms with Crippen LogP contribution < -0.4 is 10.2 Å². The molecule has 6 heteroatoms. The summed E-state index contributed by atoms with van der Waals surface area (Å²) >= 11 is 0. The fraction of sp³-hybridized carbons (Fsp3) is 0.0476. The second kappa shape index (κ2) is 6.49. The highest BCUT2D eigenvalue weighted by molar-refractivity contribution is 6.33. The minimum Gasteiger partial charge on any atom is -0.322 e. The highest BCUT2D eigenvalue weighted by atomic mass is 16.2. The van der Waals surface area contributed by atoms with Crippen molar-refractivity contribution in [2.75, 3.05) is 10.2 Å². The van der Waals surface area contributed by atoms with E-state index in [1.165, 1.54) is 6.20 Å². The maximum Gasteiger partial charge on any atom is 0.284 e. The monoisotopic (exact) mass is 357 g/mol. The number of nitrogens with one attached hydrogen (secondary N) is 1. The standard InChI is InChI=1S/C21H15N3O3/c1-13-4-6-14(7-5-13)19(25)23-15-8-10-16(11-9-15)24-20(26)17-3-2-12-22-18(17)21(24)27/h2-12H,1H3,(H,23,25). The van der Waals surface area contributed by atoms with Crippen LogP contribution in [0.1, 0.15) is 36.8 Å². The minimum absolute atomic E-state index is 0.152. The number of hydrogen-bond donors (Lipinski definition) is 1. The molecular weight excluding hydrogens is 342 g/mol. The van der Waals surface area contributed by atoms with Crippen LogP contribution >= 0.6 is 0 Å². The summed E-state index contributed by atoms with van der Waals surface area (Å²) < 4.78 is 0. The van der Waals surface area contributed by atoms with Crippen molar-refractivity contribution in [3.05, 3.63) is 89.2 Å². The van der Waals surface area contributed by atoms with E-state index >= 15 is 0 Å². The van der Waals surface area contributed by atoms with Crippen LogP contribution in [0.5, 0.6) is 0 Å². The number of rotatable bonds is 3. The van der Waals surface area contributed by atoms with Crippen LogP contribution in [0.15, 0.2) is 66.9 Å². The summed E-state index contributed by atoms with van der Waals surface area (Å²) in [5, 5.41) is 2.80. The average Bonchev–Trinajstić information content (AvgIpc) is 2.94. The third-order valence-electron chi connectivity index (χ3n) is 4.34. The predicted molar refractivity (Wildman–Crippen MR) is 101 cm³/mol. The second-order valence-corrected chi connectivity index (χ2v) is 6.21. The average molecular weight is 357 g/mol. The molecule has 1 aromatic heterocycles. The second-order valence-electron chi connectivity index (χ2n) is 6.21. The van der Waals surface area contributed by atoms with Crippen molar-refractivity contribution in [3.63, 3.8) is 0 Å². The van der Waals surface area contributed by atoms with E-state index in [0.29, 0.717) is 22.5 Å². The van der Waals surface area contributed by atoms with Crippen molar-refractivity contribution in [2.45, 2.75) is 6.92 Å². The Bertz CT molecular complexity index is 1020. The van der Waals surface area contributed by atoms with Gasteiger partial charge in [0.15, 0.2) is 0 Å². The summed E-state index contributed by atoms with van der Waals surface area (Å²) in [4.78, 5) is 42.3. The molecule has 0 spiro atoms. The molecule has 2 heterocycles. The largest absolute Gasteiger partial charge is 0.322 e. The molecule has 1 aliphatic heterocycles. The Morgan fingerprint density at radius 3 is 2.30 bits per heavy atom. The van der Waals surface area contributed by atoms with Gasteiger partial charge in [0.05, 0.1) is 11.3 Å². The SMILES string of the molecule is Cc1ccc(C(=O)Nc2ccc(N3C(=O)c4cccnc4C3=O)cc2)cc1. The lowest BCUT2D eigenvalue weighted by atomic mass is 10.1. The Balaban J connectivity index is 1.53. The first-order valence-electron chi connectivity index (χ1n) is 8.36. The van der Waals surface area contributed by atoms with Gasteiger partial charge in [-0.1, -0.05) is 17.7 Å². The van der Waals surface area contributed by atoms with Gasteiger partial charge in [0.25, 0.3) is 17.7 Å². The fourth-order valence-electron chi connectivity index (χ4n) is 2.90. The number of carbonyl (C=O) groups excluding carboxylic acids is 3. The number of carbonyl (C=O) groups is 3. The molecule has 0 atom stereocenters. The third-order valence-corrected chi connectivity index (χ3v) is 4.34. The van der Waals surface area contributed by atoms with E-state index in [-0.39, 0.29) is 11.6 Å². The summed E-state index contributed by atoms with van der Waals surface area (Å²) in [6.45, 7) is 1.95. The van der Waals surface area contributed by atoms with Gasteiger partial charge >= 0.3 is 0 Å². The smallest absolute Gasteiger partial charge is 0.284 e. The first kappa shape index (κ1) is 16.7. The molecule has 3 aromatic rings. The number of imide groups is 1. The van der Waals surface area contributed by atoms with Crippen LogP contribution in [0.25, 0.3) is 0 Å². The summed E-state index contributed by atoms with van der Waals surface area (Å²) in [6, 6.07) is 17.0.